The monoisotopic (exact) mass is 485 g/mol. The maximum Gasteiger partial charge on any atom is 0.324 e. The minimum Gasteiger partial charge on any atom is -0.497 e. The van der Waals surface area contributed by atoms with E-state index in [1.165, 1.54) is 13.2 Å². The van der Waals surface area contributed by atoms with Crippen LogP contribution in [0.2, 0.25) is 5.02 Å². The number of amides is 3. The molecule has 0 saturated carbocycles. The first-order chi connectivity index (χ1) is 16.4. The molecule has 0 aromatic heterocycles. The zero-order valence-corrected chi connectivity index (χ0v) is 19.1. The second-order valence-electron chi connectivity index (χ2n) is 7.81. The molecule has 1 N–H and O–H groups in total. The summed E-state index contributed by atoms with van der Waals surface area (Å²) in [4.78, 5) is 29.0. The van der Waals surface area contributed by atoms with E-state index in [0.29, 0.717) is 52.8 Å². The molecule has 0 bridgehead atoms. The van der Waals surface area contributed by atoms with Crippen LogP contribution in [0.3, 0.4) is 0 Å². The second-order valence-corrected chi connectivity index (χ2v) is 8.22. The van der Waals surface area contributed by atoms with Gasteiger partial charge >= 0.3 is 6.03 Å². The Morgan fingerprint density at radius 2 is 1.88 bits per heavy atom. The lowest BCUT2D eigenvalue weighted by Gasteiger charge is -2.36. The van der Waals surface area contributed by atoms with Crippen LogP contribution in [-0.2, 0) is 6.54 Å². The number of hydrogen-bond donors (Lipinski definition) is 1. The number of urea groups is 1. The molecule has 1 fully saturated rings. The Balaban J connectivity index is 1.52. The van der Waals surface area contributed by atoms with Crippen molar-refractivity contribution in [2.75, 3.05) is 30.4 Å². The lowest BCUT2D eigenvalue weighted by molar-refractivity contribution is 0.102. The van der Waals surface area contributed by atoms with Crippen LogP contribution in [-0.4, -0.2) is 37.0 Å². The van der Waals surface area contributed by atoms with Crippen molar-refractivity contribution < 1.29 is 23.1 Å². The van der Waals surface area contributed by atoms with Crippen molar-refractivity contribution in [2.24, 2.45) is 0 Å². The van der Waals surface area contributed by atoms with Crippen molar-refractivity contribution in [1.29, 1.82) is 0 Å². The summed E-state index contributed by atoms with van der Waals surface area (Å²) in [5.74, 6) is -1.71. The summed E-state index contributed by atoms with van der Waals surface area (Å²) in [6, 6.07) is 15.0. The van der Waals surface area contributed by atoms with Crippen molar-refractivity contribution in [3.8, 4) is 5.75 Å². The molecule has 0 atom stereocenters. The lowest BCUT2D eigenvalue weighted by atomic mass is 10.1. The molecule has 0 aliphatic carbocycles. The first-order valence-corrected chi connectivity index (χ1v) is 11.0. The fourth-order valence-electron chi connectivity index (χ4n) is 3.76. The van der Waals surface area contributed by atoms with Crippen LogP contribution >= 0.6 is 11.6 Å². The van der Waals surface area contributed by atoms with Crippen LogP contribution in [0.1, 0.15) is 22.3 Å². The van der Waals surface area contributed by atoms with Crippen molar-refractivity contribution in [1.82, 2.24) is 4.90 Å². The van der Waals surface area contributed by atoms with Gasteiger partial charge in [-0.15, -0.1) is 0 Å². The van der Waals surface area contributed by atoms with E-state index in [1.807, 2.05) is 0 Å². The summed E-state index contributed by atoms with van der Waals surface area (Å²) in [6.45, 7) is 1.11. The third-order valence-corrected chi connectivity index (χ3v) is 5.84. The van der Waals surface area contributed by atoms with E-state index < -0.39 is 11.6 Å². The molecule has 3 amide bonds. The number of nitrogens with one attached hydrogen (secondary N) is 1. The average Bonchev–Trinajstić information content (AvgIpc) is 2.84. The van der Waals surface area contributed by atoms with Gasteiger partial charge in [-0.2, -0.15) is 0 Å². The predicted octanol–water partition coefficient (Wildman–Crippen LogP) is 5.71. The highest BCUT2D eigenvalue weighted by Gasteiger charge is 2.27. The van der Waals surface area contributed by atoms with Gasteiger partial charge in [0, 0.05) is 30.9 Å². The molecule has 6 nitrogen and oxygen atoms in total. The lowest BCUT2D eigenvalue weighted by Crippen LogP contribution is -2.49. The van der Waals surface area contributed by atoms with Gasteiger partial charge in [-0.3, -0.25) is 9.69 Å². The number of halogens is 3. The van der Waals surface area contributed by atoms with Gasteiger partial charge in [0.05, 0.1) is 17.8 Å². The Bertz CT molecular complexity index is 1240. The highest BCUT2D eigenvalue weighted by Crippen LogP contribution is 2.30. The van der Waals surface area contributed by atoms with Crippen molar-refractivity contribution in [3.63, 3.8) is 0 Å². The van der Waals surface area contributed by atoms with E-state index in [1.54, 1.807) is 52.3 Å². The smallest absolute Gasteiger partial charge is 0.324 e. The van der Waals surface area contributed by atoms with Crippen LogP contribution < -0.4 is 15.0 Å². The quantitative estimate of drug-likeness (QED) is 0.486. The number of carbonyl (C=O) groups excluding carboxylic acids is 2. The molecule has 1 saturated heterocycles. The molecule has 0 radical (unpaired) electrons. The molecule has 0 spiro atoms. The Kier molecular flexibility index (Phi) is 6.98. The first-order valence-electron chi connectivity index (χ1n) is 10.6. The molecular weight excluding hydrogens is 464 g/mol. The molecule has 3 aromatic rings. The minimum atomic E-state index is -0.951. The number of ether oxygens (including phenoxy) is 1. The standard InChI is InChI=1S/C25H22ClF2N3O3/c1-34-19-5-2-4-17(13-19)24(32)29-23-14-18(7-8-20(23)26)31-11-3-10-30(25(31)33)15-16-6-9-21(27)22(28)12-16/h2,4-9,12-14H,3,10-11,15H2,1H3,(H,29,32). The summed E-state index contributed by atoms with van der Waals surface area (Å²) in [7, 11) is 1.52. The SMILES string of the molecule is COc1cccc(C(=O)Nc2cc(N3CCCN(Cc4ccc(F)c(F)c4)C3=O)ccc2Cl)c1. The van der Waals surface area contributed by atoms with Crippen LogP contribution in [0.25, 0.3) is 0 Å². The largest absolute Gasteiger partial charge is 0.497 e. The average molecular weight is 486 g/mol. The molecule has 1 heterocycles. The summed E-state index contributed by atoms with van der Waals surface area (Å²) in [6.07, 6.45) is 0.684. The molecular formula is C25H22ClF2N3O3. The number of hydrogen-bond acceptors (Lipinski definition) is 3. The van der Waals surface area contributed by atoms with E-state index in [-0.39, 0.29) is 18.5 Å². The maximum absolute atomic E-state index is 13.6. The topological polar surface area (TPSA) is 61.9 Å². The van der Waals surface area contributed by atoms with Gasteiger partial charge in [0.15, 0.2) is 11.6 Å². The van der Waals surface area contributed by atoms with Gasteiger partial charge in [-0.05, 0) is 60.5 Å². The Labute approximate surface area is 200 Å². The van der Waals surface area contributed by atoms with Crippen LogP contribution in [0.15, 0.2) is 60.7 Å². The normalized spacial score (nSPS) is 13.7. The molecule has 0 unspecified atom stereocenters. The van der Waals surface area contributed by atoms with Gasteiger partial charge in [0.1, 0.15) is 5.75 Å². The fourth-order valence-corrected chi connectivity index (χ4v) is 3.93. The molecule has 4 rings (SSSR count). The zero-order valence-electron chi connectivity index (χ0n) is 18.4. The number of carbonyl (C=O) groups is 2. The van der Waals surface area contributed by atoms with Crippen LogP contribution in [0, 0.1) is 11.6 Å². The molecule has 9 heteroatoms. The summed E-state index contributed by atoms with van der Waals surface area (Å²) < 4.78 is 32.0. The van der Waals surface area contributed by atoms with Gasteiger partial charge in [0.25, 0.3) is 5.91 Å². The molecule has 34 heavy (non-hydrogen) atoms. The Hall–Kier alpha value is -3.65. The molecule has 3 aromatic carbocycles. The minimum absolute atomic E-state index is 0.152. The van der Waals surface area contributed by atoms with E-state index in [0.717, 1.165) is 12.1 Å². The van der Waals surface area contributed by atoms with E-state index in [2.05, 4.69) is 5.32 Å². The molecule has 1 aliphatic heterocycles. The van der Waals surface area contributed by atoms with Crippen LogP contribution in [0.4, 0.5) is 25.0 Å². The van der Waals surface area contributed by atoms with E-state index in [4.69, 9.17) is 16.3 Å². The van der Waals surface area contributed by atoms with E-state index in [9.17, 15) is 18.4 Å². The maximum atomic E-state index is 13.6. The fraction of sp³-hybridized carbons (Fsp3) is 0.200. The number of methoxy groups -OCH3 is 1. The zero-order chi connectivity index (χ0) is 24.2. The number of nitrogens with zero attached hydrogens (tertiary/aromatic N) is 2. The molecule has 1 aliphatic rings. The summed E-state index contributed by atoms with van der Waals surface area (Å²) >= 11 is 6.31. The Morgan fingerprint density at radius 1 is 1.06 bits per heavy atom. The van der Waals surface area contributed by atoms with Crippen molar-refractivity contribution in [3.05, 3.63) is 88.4 Å². The first kappa shape index (κ1) is 23.5. The van der Waals surface area contributed by atoms with E-state index >= 15 is 0 Å². The predicted molar refractivity (Wildman–Crippen MR) is 127 cm³/mol. The number of rotatable bonds is 6. The van der Waals surface area contributed by atoms with Crippen molar-refractivity contribution >= 4 is 34.9 Å². The highest BCUT2D eigenvalue weighted by atomic mass is 35.5. The van der Waals surface area contributed by atoms with Gasteiger partial charge in [0.2, 0.25) is 0 Å². The highest BCUT2D eigenvalue weighted by molar-refractivity contribution is 6.34. The van der Waals surface area contributed by atoms with Crippen LogP contribution in [0.5, 0.6) is 5.75 Å². The van der Waals surface area contributed by atoms with Gasteiger partial charge in [-0.1, -0.05) is 23.7 Å². The van der Waals surface area contributed by atoms with Gasteiger partial charge < -0.3 is 15.0 Å². The second kappa shape index (κ2) is 10.1. The number of anilines is 2. The third-order valence-electron chi connectivity index (χ3n) is 5.51. The molecule has 176 valence electrons. The summed E-state index contributed by atoms with van der Waals surface area (Å²) in [5, 5.41) is 3.10. The third kappa shape index (κ3) is 5.12. The Morgan fingerprint density at radius 3 is 2.65 bits per heavy atom. The summed E-state index contributed by atoms with van der Waals surface area (Å²) in [5.41, 5.74) is 1.81. The van der Waals surface area contributed by atoms with Gasteiger partial charge in [-0.25, -0.2) is 13.6 Å². The van der Waals surface area contributed by atoms with Crippen molar-refractivity contribution in [2.45, 2.75) is 13.0 Å². The number of benzene rings is 3.